The highest BCUT2D eigenvalue weighted by molar-refractivity contribution is 4.98. The first-order valence-corrected chi connectivity index (χ1v) is 7.50. The van der Waals surface area contributed by atoms with Gasteiger partial charge in [0.15, 0.2) is 0 Å². The topological polar surface area (TPSA) is 46.0 Å². The minimum absolute atomic E-state index is 0.628. The smallest absolute Gasteiger partial charge is 0.147 e. The summed E-state index contributed by atoms with van der Waals surface area (Å²) >= 11 is 0. The van der Waals surface area contributed by atoms with E-state index in [0.29, 0.717) is 6.04 Å². The first-order chi connectivity index (χ1) is 9.18. The predicted molar refractivity (Wildman–Crippen MR) is 77.0 cm³/mol. The summed E-state index contributed by atoms with van der Waals surface area (Å²) in [7, 11) is 2.18. The number of hydrogen-bond donors (Lipinski definition) is 1. The summed E-state index contributed by atoms with van der Waals surface area (Å²) in [4.78, 5) is 2.38. The Kier molecular flexibility index (Phi) is 5.34. The number of nitrogens with zero attached hydrogens (tertiary/aromatic N) is 4. The first kappa shape index (κ1) is 14.5. The molecule has 0 unspecified atom stereocenters. The zero-order chi connectivity index (χ0) is 13.7. The second-order valence-corrected chi connectivity index (χ2v) is 5.75. The summed E-state index contributed by atoms with van der Waals surface area (Å²) in [5, 5.41) is 12.1. The van der Waals surface area contributed by atoms with Crippen LogP contribution in [-0.4, -0.2) is 45.8 Å². The molecule has 0 bridgehead atoms. The third kappa shape index (κ3) is 4.01. The summed E-state index contributed by atoms with van der Waals surface area (Å²) < 4.78 is 2.29. The number of rotatable bonds is 7. The number of hydrogen-bond acceptors (Lipinski definition) is 4. The van der Waals surface area contributed by atoms with Gasteiger partial charge in [0.2, 0.25) is 0 Å². The Balaban J connectivity index is 1.67. The molecule has 0 radical (unpaired) electrons. The van der Waals surface area contributed by atoms with Crippen LogP contribution in [0.3, 0.4) is 0 Å². The van der Waals surface area contributed by atoms with Gasteiger partial charge in [0.1, 0.15) is 11.6 Å². The molecule has 0 amide bonds. The lowest BCUT2D eigenvalue weighted by molar-refractivity contribution is 0.269. The molecule has 108 valence electrons. The highest BCUT2D eigenvalue weighted by Crippen LogP contribution is 2.13. The van der Waals surface area contributed by atoms with Gasteiger partial charge in [-0.2, -0.15) is 0 Å². The molecule has 0 atom stereocenters. The molecule has 1 aromatic rings. The summed E-state index contributed by atoms with van der Waals surface area (Å²) in [6.45, 7) is 8.58. The second kappa shape index (κ2) is 7.01. The van der Waals surface area contributed by atoms with Crippen molar-refractivity contribution >= 4 is 0 Å². The van der Waals surface area contributed by atoms with Crippen molar-refractivity contribution in [3.8, 4) is 0 Å². The number of nitrogens with one attached hydrogen (secondary N) is 1. The van der Waals surface area contributed by atoms with E-state index < -0.39 is 0 Å². The fourth-order valence-electron chi connectivity index (χ4n) is 2.41. The molecule has 0 fully saturated rings. The molecule has 1 aromatic heterocycles. The molecule has 5 nitrogen and oxygen atoms in total. The molecule has 0 saturated carbocycles. The Morgan fingerprint density at radius 3 is 2.95 bits per heavy atom. The summed E-state index contributed by atoms with van der Waals surface area (Å²) in [5.41, 5.74) is 0. The van der Waals surface area contributed by atoms with Gasteiger partial charge in [-0.25, -0.2) is 0 Å². The zero-order valence-corrected chi connectivity index (χ0v) is 12.5. The van der Waals surface area contributed by atoms with Crippen molar-refractivity contribution in [3.05, 3.63) is 11.6 Å². The van der Waals surface area contributed by atoms with Gasteiger partial charge in [-0.1, -0.05) is 0 Å². The molecule has 0 spiro atoms. The minimum atomic E-state index is 0.628. The van der Waals surface area contributed by atoms with Crippen molar-refractivity contribution in [2.24, 2.45) is 0 Å². The molecule has 19 heavy (non-hydrogen) atoms. The fourth-order valence-corrected chi connectivity index (χ4v) is 2.41. The van der Waals surface area contributed by atoms with Crippen LogP contribution in [-0.2, 0) is 19.5 Å². The number of aromatic nitrogens is 3. The lowest BCUT2D eigenvalue weighted by Gasteiger charge is -2.20. The van der Waals surface area contributed by atoms with Crippen molar-refractivity contribution in [3.63, 3.8) is 0 Å². The molecule has 2 rings (SSSR count). The standard InChI is InChI=1S/C14H27N5/c1-12(2)18(3)9-6-8-15-11-14-17-16-13-7-4-5-10-19(13)14/h12,15H,4-11H2,1-3H3. The third-order valence-electron chi connectivity index (χ3n) is 3.97. The second-order valence-electron chi connectivity index (χ2n) is 5.75. The van der Waals surface area contributed by atoms with E-state index in [0.717, 1.165) is 38.4 Å². The van der Waals surface area contributed by atoms with Crippen LogP contribution in [0.15, 0.2) is 0 Å². The Morgan fingerprint density at radius 2 is 2.16 bits per heavy atom. The van der Waals surface area contributed by atoms with E-state index in [-0.39, 0.29) is 0 Å². The van der Waals surface area contributed by atoms with E-state index in [1.807, 2.05) is 0 Å². The molecule has 0 aliphatic carbocycles. The normalized spacial score (nSPS) is 15.2. The highest BCUT2D eigenvalue weighted by Gasteiger charge is 2.14. The lowest BCUT2D eigenvalue weighted by atomic mass is 10.2. The van der Waals surface area contributed by atoms with Crippen LogP contribution in [0.5, 0.6) is 0 Å². The SMILES string of the molecule is CC(C)N(C)CCCNCc1nnc2n1CCCC2. The van der Waals surface area contributed by atoms with Gasteiger partial charge in [0.25, 0.3) is 0 Å². The van der Waals surface area contributed by atoms with Gasteiger partial charge >= 0.3 is 0 Å². The molecule has 0 aromatic carbocycles. The number of fused-ring (bicyclic) bond motifs is 1. The highest BCUT2D eigenvalue weighted by atomic mass is 15.3. The average molecular weight is 265 g/mol. The largest absolute Gasteiger partial charge is 0.314 e. The van der Waals surface area contributed by atoms with E-state index in [4.69, 9.17) is 0 Å². The summed E-state index contributed by atoms with van der Waals surface area (Å²) in [5.74, 6) is 2.27. The van der Waals surface area contributed by atoms with Gasteiger partial charge in [0.05, 0.1) is 6.54 Å². The van der Waals surface area contributed by atoms with Crippen molar-refractivity contribution in [1.82, 2.24) is 25.0 Å². The lowest BCUT2D eigenvalue weighted by Crippen LogP contribution is -2.29. The molecular formula is C14H27N5. The molecule has 2 heterocycles. The quantitative estimate of drug-likeness (QED) is 0.758. The Bertz CT molecular complexity index is 385. The van der Waals surface area contributed by atoms with Gasteiger partial charge < -0.3 is 14.8 Å². The van der Waals surface area contributed by atoms with Crippen LogP contribution in [0.25, 0.3) is 0 Å². The molecule has 0 saturated heterocycles. The molecule has 1 aliphatic rings. The predicted octanol–water partition coefficient (Wildman–Crippen LogP) is 1.43. The van der Waals surface area contributed by atoms with Crippen LogP contribution in [0, 0.1) is 0 Å². The molecule has 1 N–H and O–H groups in total. The Morgan fingerprint density at radius 1 is 1.32 bits per heavy atom. The van der Waals surface area contributed by atoms with Gasteiger partial charge in [-0.05, 0) is 53.2 Å². The molecular weight excluding hydrogens is 238 g/mol. The van der Waals surface area contributed by atoms with E-state index in [9.17, 15) is 0 Å². The zero-order valence-electron chi connectivity index (χ0n) is 12.5. The Hall–Kier alpha value is -0.940. The van der Waals surface area contributed by atoms with Crippen molar-refractivity contribution in [2.45, 2.75) is 58.7 Å². The fraction of sp³-hybridized carbons (Fsp3) is 0.857. The van der Waals surface area contributed by atoms with Crippen LogP contribution in [0.1, 0.15) is 44.8 Å². The summed E-state index contributed by atoms with van der Waals surface area (Å²) in [6, 6.07) is 0.628. The first-order valence-electron chi connectivity index (χ1n) is 7.50. The average Bonchev–Trinajstić information content (AvgIpc) is 2.81. The van der Waals surface area contributed by atoms with Crippen LogP contribution >= 0.6 is 0 Å². The van der Waals surface area contributed by atoms with E-state index in [2.05, 4.69) is 45.9 Å². The molecule has 1 aliphatic heterocycles. The monoisotopic (exact) mass is 265 g/mol. The van der Waals surface area contributed by atoms with Gasteiger partial charge in [-0.15, -0.1) is 10.2 Å². The van der Waals surface area contributed by atoms with E-state index in [1.165, 1.54) is 25.1 Å². The van der Waals surface area contributed by atoms with E-state index in [1.54, 1.807) is 0 Å². The van der Waals surface area contributed by atoms with Crippen molar-refractivity contribution < 1.29 is 0 Å². The maximum absolute atomic E-state index is 4.30. The molecule has 5 heteroatoms. The van der Waals surface area contributed by atoms with Crippen molar-refractivity contribution in [2.75, 3.05) is 20.1 Å². The maximum Gasteiger partial charge on any atom is 0.147 e. The van der Waals surface area contributed by atoms with E-state index >= 15 is 0 Å². The van der Waals surface area contributed by atoms with Crippen molar-refractivity contribution in [1.29, 1.82) is 0 Å². The third-order valence-corrected chi connectivity index (χ3v) is 3.97. The maximum atomic E-state index is 4.30. The minimum Gasteiger partial charge on any atom is -0.314 e. The number of aryl methyl sites for hydroxylation is 1. The summed E-state index contributed by atoms with van der Waals surface area (Å²) in [6.07, 6.45) is 4.78. The Labute approximate surface area is 116 Å². The van der Waals surface area contributed by atoms with Crippen LogP contribution in [0.2, 0.25) is 0 Å². The van der Waals surface area contributed by atoms with Crippen LogP contribution < -0.4 is 5.32 Å². The van der Waals surface area contributed by atoms with Gasteiger partial charge in [-0.3, -0.25) is 0 Å². The van der Waals surface area contributed by atoms with Crippen LogP contribution in [0.4, 0.5) is 0 Å². The van der Waals surface area contributed by atoms with Gasteiger partial charge in [0, 0.05) is 19.0 Å².